The van der Waals surface area contributed by atoms with Gasteiger partial charge >= 0.3 is 0 Å². The maximum atomic E-state index is 13.3. The Balaban J connectivity index is 1.27. The fraction of sp³-hybridized carbons (Fsp3) is 0.379. The first-order valence-corrected chi connectivity index (χ1v) is 17.1. The van der Waals surface area contributed by atoms with Gasteiger partial charge in [-0.15, -0.1) is 0 Å². The van der Waals surface area contributed by atoms with E-state index in [0.29, 0.717) is 44.3 Å². The van der Waals surface area contributed by atoms with Crippen molar-refractivity contribution >= 4 is 62.6 Å². The number of likely N-dealkylation sites (N-methyl/N-ethyl adjacent to an activating group) is 1. The fourth-order valence-corrected chi connectivity index (χ4v) is 7.51. The summed E-state index contributed by atoms with van der Waals surface area (Å²) in [4.78, 5) is 23.1. The van der Waals surface area contributed by atoms with Gasteiger partial charge in [-0.25, -0.2) is 4.98 Å². The predicted octanol–water partition coefficient (Wildman–Crippen LogP) is 4.99. The van der Waals surface area contributed by atoms with Crippen molar-refractivity contribution in [2.24, 2.45) is 0 Å². The summed E-state index contributed by atoms with van der Waals surface area (Å²) in [5.74, 6) is 1.71. The molecule has 0 spiro atoms. The molecule has 2 aromatic carbocycles. The highest BCUT2D eigenvalue weighted by atomic mass is 79.9. The van der Waals surface area contributed by atoms with Gasteiger partial charge in [0.05, 0.1) is 33.8 Å². The molecule has 0 bridgehead atoms. The zero-order chi connectivity index (χ0) is 28.7. The Bertz CT molecular complexity index is 1660. The Morgan fingerprint density at radius 1 is 1.05 bits per heavy atom. The number of fused-ring (bicyclic) bond motifs is 2. The second kappa shape index (κ2) is 11.3. The summed E-state index contributed by atoms with van der Waals surface area (Å²) in [5, 5.41) is 7.37. The maximum absolute atomic E-state index is 13.3. The number of ether oxygens (including phenoxy) is 1. The molecule has 1 atom stereocenters. The lowest BCUT2D eigenvalue weighted by atomic mass is 9.97. The third kappa shape index (κ3) is 5.81. The van der Waals surface area contributed by atoms with E-state index in [1.165, 1.54) is 17.5 Å². The van der Waals surface area contributed by atoms with Gasteiger partial charge in [-0.2, -0.15) is 4.98 Å². The SMILES string of the molecule is COc1cc2c(cc1Nc1ncc(Br)c(Nc3ccc4nccnc4c3P(C)(C)=O)n1)CCN(C1CCN(C)C1)C2. The number of hydrogen-bond acceptors (Lipinski definition) is 10. The molecule has 6 rings (SSSR count). The summed E-state index contributed by atoms with van der Waals surface area (Å²) in [7, 11) is 1.17. The van der Waals surface area contributed by atoms with E-state index in [-0.39, 0.29) is 0 Å². The van der Waals surface area contributed by atoms with Gasteiger partial charge in [0.25, 0.3) is 0 Å². The van der Waals surface area contributed by atoms with Crippen molar-refractivity contribution in [3.8, 4) is 5.75 Å². The normalized spacial score (nSPS) is 17.9. The molecular weight excluding hydrogens is 603 g/mol. The number of aromatic nitrogens is 4. The molecule has 2 N–H and O–H groups in total. The molecule has 2 aromatic heterocycles. The van der Waals surface area contributed by atoms with Crippen molar-refractivity contribution in [3.05, 3.63) is 58.5 Å². The van der Waals surface area contributed by atoms with Crippen LogP contribution in [0.2, 0.25) is 0 Å². The van der Waals surface area contributed by atoms with Gasteiger partial charge in [0.1, 0.15) is 24.2 Å². The molecule has 0 aliphatic carbocycles. The molecule has 41 heavy (non-hydrogen) atoms. The monoisotopic (exact) mass is 636 g/mol. The van der Waals surface area contributed by atoms with E-state index >= 15 is 0 Å². The van der Waals surface area contributed by atoms with E-state index in [2.05, 4.69) is 70.5 Å². The summed E-state index contributed by atoms with van der Waals surface area (Å²) < 4.78 is 19.8. The average molecular weight is 638 g/mol. The van der Waals surface area contributed by atoms with E-state index in [9.17, 15) is 4.57 Å². The number of benzene rings is 2. The van der Waals surface area contributed by atoms with Gasteiger partial charge in [-0.05, 0) is 91.1 Å². The van der Waals surface area contributed by atoms with Crippen LogP contribution in [0.1, 0.15) is 17.5 Å². The molecule has 1 unspecified atom stereocenters. The largest absolute Gasteiger partial charge is 0.495 e. The molecule has 2 aliphatic rings. The fourth-order valence-electron chi connectivity index (χ4n) is 5.83. The highest BCUT2D eigenvalue weighted by Gasteiger charge is 2.29. The highest BCUT2D eigenvalue weighted by Crippen LogP contribution is 2.41. The average Bonchev–Trinajstić information content (AvgIpc) is 3.39. The van der Waals surface area contributed by atoms with Crippen LogP contribution in [0.25, 0.3) is 11.0 Å². The van der Waals surface area contributed by atoms with E-state index < -0.39 is 7.14 Å². The molecule has 2 aliphatic heterocycles. The van der Waals surface area contributed by atoms with Gasteiger partial charge < -0.3 is 24.8 Å². The van der Waals surface area contributed by atoms with Gasteiger partial charge in [0.2, 0.25) is 5.95 Å². The number of rotatable bonds is 7. The predicted molar refractivity (Wildman–Crippen MR) is 168 cm³/mol. The Labute approximate surface area is 248 Å². The zero-order valence-corrected chi connectivity index (χ0v) is 26.2. The van der Waals surface area contributed by atoms with E-state index in [4.69, 9.17) is 9.72 Å². The molecule has 4 aromatic rings. The van der Waals surface area contributed by atoms with Crippen LogP contribution in [0.15, 0.2) is 47.3 Å². The molecule has 1 fully saturated rings. The van der Waals surface area contributed by atoms with Gasteiger partial charge in [-0.1, -0.05) is 0 Å². The van der Waals surface area contributed by atoms with Crippen LogP contribution in [0.3, 0.4) is 0 Å². The standard InChI is InChI=1S/C29H34BrN8O2P/c1-37-11-8-20(17-37)38-12-7-18-13-24(25(40-2)14-19(18)16-38)35-29-33-15-21(30)28(36-29)34-23-6-5-22-26(32-10-9-31-22)27(23)41(3,4)39/h5-6,9-10,13-15,20H,7-8,11-12,16-17H2,1-4H3,(H2,33,34,35,36). The minimum atomic E-state index is -2.72. The zero-order valence-electron chi connectivity index (χ0n) is 23.7. The summed E-state index contributed by atoms with van der Waals surface area (Å²) in [6.45, 7) is 7.75. The number of likely N-dealkylation sites (tertiary alicyclic amines) is 1. The van der Waals surface area contributed by atoms with Crippen molar-refractivity contribution in [2.45, 2.75) is 25.4 Å². The highest BCUT2D eigenvalue weighted by molar-refractivity contribution is 9.10. The molecular formula is C29H34BrN8O2P. The van der Waals surface area contributed by atoms with Crippen LogP contribution >= 0.6 is 23.1 Å². The smallest absolute Gasteiger partial charge is 0.229 e. The summed E-state index contributed by atoms with van der Waals surface area (Å²) >= 11 is 3.57. The Morgan fingerprint density at radius 2 is 1.88 bits per heavy atom. The first-order chi connectivity index (χ1) is 19.7. The third-order valence-corrected chi connectivity index (χ3v) is 9.95. The Kier molecular flexibility index (Phi) is 7.72. The minimum Gasteiger partial charge on any atom is -0.495 e. The lowest BCUT2D eigenvalue weighted by molar-refractivity contribution is 0.180. The molecule has 214 valence electrons. The van der Waals surface area contributed by atoms with Gasteiger partial charge in [0.15, 0.2) is 0 Å². The summed E-state index contributed by atoms with van der Waals surface area (Å²) in [6, 6.07) is 8.65. The van der Waals surface area contributed by atoms with Crippen molar-refractivity contribution in [1.29, 1.82) is 0 Å². The molecule has 4 heterocycles. The molecule has 12 heteroatoms. The van der Waals surface area contributed by atoms with Crippen molar-refractivity contribution < 1.29 is 9.30 Å². The summed E-state index contributed by atoms with van der Waals surface area (Å²) in [5.41, 5.74) is 5.42. The number of nitrogens with zero attached hydrogens (tertiary/aromatic N) is 6. The van der Waals surface area contributed by atoms with E-state index in [1.54, 1.807) is 39.0 Å². The number of halogens is 1. The number of methoxy groups -OCH3 is 1. The van der Waals surface area contributed by atoms with Crippen molar-refractivity contribution in [3.63, 3.8) is 0 Å². The molecule has 0 amide bonds. The quantitative estimate of drug-likeness (QED) is 0.269. The Hall–Kier alpha value is -3.11. The van der Waals surface area contributed by atoms with Gasteiger partial charge in [0, 0.05) is 44.3 Å². The van der Waals surface area contributed by atoms with Crippen molar-refractivity contribution in [2.75, 3.05) is 57.8 Å². The topological polar surface area (TPSA) is 108 Å². The van der Waals surface area contributed by atoms with E-state index in [0.717, 1.165) is 44.0 Å². The van der Waals surface area contributed by atoms with Crippen LogP contribution in [0.4, 0.5) is 23.1 Å². The first kappa shape index (κ1) is 28.0. The third-order valence-electron chi connectivity index (χ3n) is 7.84. The van der Waals surface area contributed by atoms with Crippen LogP contribution in [0.5, 0.6) is 5.75 Å². The van der Waals surface area contributed by atoms with Crippen LogP contribution in [0, 0.1) is 0 Å². The van der Waals surface area contributed by atoms with Crippen LogP contribution in [-0.2, 0) is 17.5 Å². The minimum absolute atomic E-state index is 0.415. The maximum Gasteiger partial charge on any atom is 0.229 e. The second-order valence-corrected chi connectivity index (χ2v) is 15.1. The van der Waals surface area contributed by atoms with Crippen molar-refractivity contribution in [1.82, 2.24) is 29.7 Å². The molecule has 0 saturated carbocycles. The summed E-state index contributed by atoms with van der Waals surface area (Å²) in [6.07, 6.45) is 7.15. The van der Waals surface area contributed by atoms with Gasteiger partial charge in [-0.3, -0.25) is 14.9 Å². The first-order valence-electron chi connectivity index (χ1n) is 13.7. The lowest BCUT2D eigenvalue weighted by Gasteiger charge is -2.34. The van der Waals surface area contributed by atoms with Crippen LogP contribution < -0.4 is 20.7 Å². The number of nitrogens with one attached hydrogen (secondary N) is 2. The van der Waals surface area contributed by atoms with E-state index in [1.807, 2.05) is 12.1 Å². The molecule has 0 radical (unpaired) electrons. The lowest BCUT2D eigenvalue weighted by Crippen LogP contribution is -2.40. The Morgan fingerprint density at radius 3 is 2.63 bits per heavy atom. The second-order valence-electron chi connectivity index (χ2n) is 11.1. The molecule has 10 nitrogen and oxygen atoms in total. The number of anilines is 4. The molecule has 1 saturated heterocycles. The number of hydrogen-bond donors (Lipinski definition) is 2. The van der Waals surface area contributed by atoms with Crippen LogP contribution in [-0.4, -0.2) is 82.9 Å².